The van der Waals surface area contributed by atoms with E-state index in [0.29, 0.717) is 19.4 Å². The van der Waals surface area contributed by atoms with Crippen LogP contribution in [0.5, 0.6) is 0 Å². The molecule has 466 valence electrons. The van der Waals surface area contributed by atoms with E-state index in [9.17, 15) is 19.8 Å². The minimum absolute atomic E-state index is 0.0114. The van der Waals surface area contributed by atoms with Crippen molar-refractivity contribution in [1.82, 2.24) is 5.32 Å². The molecule has 0 aromatic rings. The Morgan fingerprint density at radius 2 is 0.595 bits per heavy atom. The number of aliphatic hydroxyl groups excluding tert-OH is 2. The van der Waals surface area contributed by atoms with Crippen molar-refractivity contribution in [3.63, 3.8) is 0 Å². The molecule has 3 N–H and O–H groups in total. The van der Waals surface area contributed by atoms with Crippen LogP contribution in [0.4, 0.5) is 0 Å². The van der Waals surface area contributed by atoms with Gasteiger partial charge in [-0.1, -0.05) is 333 Å². The minimum Gasteiger partial charge on any atom is -0.466 e. The van der Waals surface area contributed by atoms with Gasteiger partial charge in [0, 0.05) is 12.8 Å². The van der Waals surface area contributed by atoms with Crippen LogP contribution < -0.4 is 5.32 Å². The molecule has 0 heterocycles. The first-order valence-electron chi connectivity index (χ1n) is 35.8. The van der Waals surface area contributed by atoms with Crippen molar-refractivity contribution in [1.29, 1.82) is 0 Å². The molecule has 0 rings (SSSR count). The van der Waals surface area contributed by atoms with Gasteiger partial charge in [-0.2, -0.15) is 0 Å². The molecule has 0 saturated carbocycles. The monoisotopic (exact) mass is 1110 g/mol. The number of allylic oxidation sites excluding steroid dienone is 5. The minimum atomic E-state index is -0.841. The fraction of sp³-hybridized carbons (Fsp3) is 0.890. The van der Waals surface area contributed by atoms with Crippen LogP contribution in [-0.2, 0) is 14.3 Å². The summed E-state index contributed by atoms with van der Waals surface area (Å²) in [7, 11) is 0. The lowest BCUT2D eigenvalue weighted by atomic mass is 10.0. The van der Waals surface area contributed by atoms with Gasteiger partial charge in [0.25, 0.3) is 0 Å². The zero-order valence-electron chi connectivity index (χ0n) is 53.4. The Bertz CT molecular complexity index is 1280. The second kappa shape index (κ2) is 68.6. The van der Waals surface area contributed by atoms with Crippen LogP contribution in [0.15, 0.2) is 36.5 Å². The highest BCUT2D eigenvalue weighted by atomic mass is 16.5. The molecule has 0 spiro atoms. The molecule has 0 saturated heterocycles. The number of amides is 1. The maximum atomic E-state index is 12.5. The summed E-state index contributed by atoms with van der Waals surface area (Å²) < 4.78 is 5.50. The Morgan fingerprint density at radius 1 is 0.342 bits per heavy atom. The van der Waals surface area contributed by atoms with Crippen LogP contribution in [0.1, 0.15) is 393 Å². The third-order valence-corrected chi connectivity index (χ3v) is 16.6. The summed E-state index contributed by atoms with van der Waals surface area (Å²) in [6.07, 6.45) is 88.1. The largest absolute Gasteiger partial charge is 0.466 e. The van der Waals surface area contributed by atoms with Crippen LogP contribution in [0, 0.1) is 0 Å². The van der Waals surface area contributed by atoms with Crippen molar-refractivity contribution in [3.8, 4) is 0 Å². The number of aliphatic hydroxyl groups is 2. The molecule has 0 aliphatic carbocycles. The summed E-state index contributed by atoms with van der Waals surface area (Å²) in [6.45, 7) is 4.92. The van der Waals surface area contributed by atoms with Crippen molar-refractivity contribution < 1.29 is 24.5 Å². The summed E-state index contributed by atoms with van der Waals surface area (Å²) in [5.41, 5.74) is 0. The third-order valence-electron chi connectivity index (χ3n) is 16.6. The van der Waals surface area contributed by atoms with Gasteiger partial charge in [0.05, 0.1) is 25.4 Å². The number of nitrogens with one attached hydrogen (secondary N) is 1. The van der Waals surface area contributed by atoms with Gasteiger partial charge >= 0.3 is 5.97 Å². The molecular weight excluding hydrogens is 971 g/mol. The number of hydrogen-bond acceptors (Lipinski definition) is 5. The van der Waals surface area contributed by atoms with E-state index in [2.05, 4.69) is 43.5 Å². The Kier molecular flexibility index (Phi) is 66.9. The molecule has 0 aromatic carbocycles. The zero-order valence-corrected chi connectivity index (χ0v) is 53.4. The topological polar surface area (TPSA) is 95.9 Å². The summed E-state index contributed by atoms with van der Waals surface area (Å²) in [5, 5.41) is 23.1. The van der Waals surface area contributed by atoms with Gasteiger partial charge in [-0.3, -0.25) is 9.59 Å². The molecule has 0 radical (unpaired) electrons. The van der Waals surface area contributed by atoms with Gasteiger partial charge in [0.15, 0.2) is 0 Å². The van der Waals surface area contributed by atoms with E-state index >= 15 is 0 Å². The van der Waals surface area contributed by atoms with Crippen molar-refractivity contribution in [2.24, 2.45) is 0 Å². The fourth-order valence-electron chi connectivity index (χ4n) is 11.2. The maximum absolute atomic E-state index is 12.5. The lowest BCUT2D eigenvalue weighted by Crippen LogP contribution is -2.45. The highest BCUT2D eigenvalue weighted by Gasteiger charge is 2.18. The van der Waals surface area contributed by atoms with E-state index in [1.165, 1.54) is 321 Å². The number of unbranched alkanes of at least 4 members (excludes halogenated alkanes) is 52. The second-order valence-corrected chi connectivity index (χ2v) is 24.6. The highest BCUT2D eigenvalue weighted by molar-refractivity contribution is 5.76. The van der Waals surface area contributed by atoms with Crippen molar-refractivity contribution in [2.75, 3.05) is 13.2 Å². The molecule has 0 fully saturated rings. The van der Waals surface area contributed by atoms with E-state index < -0.39 is 12.1 Å². The van der Waals surface area contributed by atoms with Crippen LogP contribution in [0.3, 0.4) is 0 Å². The van der Waals surface area contributed by atoms with Crippen LogP contribution in [0.2, 0.25) is 0 Å². The molecule has 1 amide bonds. The summed E-state index contributed by atoms with van der Waals surface area (Å²) in [5.74, 6) is -0.0523. The summed E-state index contributed by atoms with van der Waals surface area (Å²) in [6, 6.07) is -0.625. The van der Waals surface area contributed by atoms with Crippen LogP contribution in [0.25, 0.3) is 0 Å². The predicted molar refractivity (Wildman–Crippen MR) is 347 cm³/mol. The summed E-state index contributed by atoms with van der Waals surface area (Å²) >= 11 is 0. The normalized spacial score (nSPS) is 12.7. The standard InChI is InChI=1S/C73H139NO5/c1-3-5-7-9-11-13-15-17-18-39-43-47-51-55-59-63-67-73(78)79-68-64-60-56-52-48-44-40-37-35-33-31-29-27-25-23-21-19-20-22-24-26-28-30-32-34-36-38-42-46-50-54-58-62-66-72(77)74-70(69-75)71(76)65-61-57-53-49-45-41-16-14-12-10-8-6-4-2/h18,23,25,39,61,65,70-71,75-76H,3-17,19-22,24,26-38,40-60,62-64,66-69H2,1-2H3,(H,74,77)/b25-23-,39-18-,65-61+. The van der Waals surface area contributed by atoms with E-state index in [4.69, 9.17) is 4.74 Å². The van der Waals surface area contributed by atoms with Gasteiger partial charge in [0.2, 0.25) is 5.91 Å². The Hall–Kier alpha value is -1.92. The lowest BCUT2D eigenvalue weighted by Gasteiger charge is -2.20. The lowest BCUT2D eigenvalue weighted by molar-refractivity contribution is -0.143. The van der Waals surface area contributed by atoms with Crippen molar-refractivity contribution in [2.45, 2.75) is 405 Å². The maximum Gasteiger partial charge on any atom is 0.305 e. The molecule has 0 aliphatic heterocycles. The van der Waals surface area contributed by atoms with E-state index in [0.717, 1.165) is 44.9 Å². The molecule has 0 bridgehead atoms. The van der Waals surface area contributed by atoms with E-state index in [-0.39, 0.29) is 18.5 Å². The van der Waals surface area contributed by atoms with Gasteiger partial charge in [0.1, 0.15) is 0 Å². The average molecular weight is 1110 g/mol. The number of esters is 1. The molecule has 6 heteroatoms. The van der Waals surface area contributed by atoms with Crippen molar-refractivity contribution >= 4 is 11.9 Å². The summed E-state index contributed by atoms with van der Waals surface area (Å²) in [4.78, 5) is 24.5. The first kappa shape index (κ1) is 77.1. The zero-order chi connectivity index (χ0) is 57.1. The molecular formula is C73H139NO5. The van der Waals surface area contributed by atoms with E-state index in [1.807, 2.05) is 6.08 Å². The molecule has 2 unspecified atom stereocenters. The molecule has 2 atom stereocenters. The number of carbonyl (C=O) groups is 2. The van der Waals surface area contributed by atoms with Gasteiger partial charge in [-0.15, -0.1) is 0 Å². The molecule has 6 nitrogen and oxygen atoms in total. The van der Waals surface area contributed by atoms with Crippen LogP contribution >= 0.6 is 0 Å². The predicted octanol–water partition coefficient (Wildman–Crippen LogP) is 23.1. The van der Waals surface area contributed by atoms with Crippen molar-refractivity contribution in [3.05, 3.63) is 36.5 Å². The molecule has 79 heavy (non-hydrogen) atoms. The van der Waals surface area contributed by atoms with E-state index in [1.54, 1.807) is 6.08 Å². The fourth-order valence-corrected chi connectivity index (χ4v) is 11.2. The number of carbonyl (C=O) groups excluding carboxylic acids is 2. The SMILES string of the molecule is CCCCCCCCC/C=C\CCCCCCCC(=O)OCCCCCCCCCCCCCC/C=C\CCCCCCCCCCCCCCCCCCCC(=O)NC(CO)C(O)/C=C/CCCCCCCCCCCCC. The van der Waals surface area contributed by atoms with Gasteiger partial charge in [-0.05, 0) is 83.5 Å². The number of ether oxygens (including phenoxy) is 1. The second-order valence-electron chi connectivity index (χ2n) is 24.6. The van der Waals surface area contributed by atoms with Crippen LogP contribution in [-0.4, -0.2) is 47.4 Å². The molecule has 0 aliphatic rings. The Balaban J connectivity index is 3.35. The average Bonchev–Trinajstić information content (AvgIpc) is 3.45. The Labute approximate surface area is 494 Å². The Morgan fingerprint density at radius 3 is 0.899 bits per heavy atom. The third kappa shape index (κ3) is 65.1. The quantitative estimate of drug-likeness (QED) is 0.0320. The first-order chi connectivity index (χ1) is 39.0. The number of hydrogen-bond donors (Lipinski definition) is 3. The van der Waals surface area contributed by atoms with Gasteiger partial charge in [-0.25, -0.2) is 0 Å². The number of rotatable bonds is 67. The smallest absolute Gasteiger partial charge is 0.305 e. The van der Waals surface area contributed by atoms with Gasteiger partial charge < -0.3 is 20.3 Å². The first-order valence-corrected chi connectivity index (χ1v) is 35.8. The molecule has 0 aromatic heterocycles. The highest BCUT2D eigenvalue weighted by Crippen LogP contribution is 2.18.